The summed E-state index contributed by atoms with van der Waals surface area (Å²) in [6.07, 6.45) is 1.76. The van der Waals surface area contributed by atoms with Gasteiger partial charge in [-0.3, -0.25) is 9.69 Å². The number of allylic oxidation sites excluding steroid dienone is 1. The highest BCUT2D eigenvalue weighted by molar-refractivity contribution is 7.10. The second-order valence-corrected chi connectivity index (χ2v) is 7.39. The van der Waals surface area contributed by atoms with Crippen LogP contribution in [0.4, 0.5) is 5.69 Å². The molecular weight excluding hydrogens is 346 g/mol. The second-order valence-electron chi connectivity index (χ2n) is 6.41. The van der Waals surface area contributed by atoms with Gasteiger partial charge in [0.05, 0.1) is 18.3 Å². The predicted molar refractivity (Wildman–Crippen MR) is 105 cm³/mol. The molecule has 0 N–H and O–H groups in total. The number of amides is 1. The van der Waals surface area contributed by atoms with Crippen molar-refractivity contribution in [3.63, 3.8) is 0 Å². The molecule has 0 saturated heterocycles. The number of carbonyl (C=O) groups is 2. The van der Waals surface area contributed by atoms with Crippen LogP contribution in [0.15, 0.2) is 58.6 Å². The van der Waals surface area contributed by atoms with E-state index >= 15 is 0 Å². The summed E-state index contributed by atoms with van der Waals surface area (Å²) in [5.41, 5.74) is 3.21. The van der Waals surface area contributed by atoms with Gasteiger partial charge in [-0.15, -0.1) is 11.3 Å². The van der Waals surface area contributed by atoms with Crippen molar-refractivity contribution < 1.29 is 14.3 Å². The minimum atomic E-state index is -0.500. The third kappa shape index (κ3) is 3.22. The van der Waals surface area contributed by atoms with Crippen LogP contribution in [-0.4, -0.2) is 19.0 Å². The van der Waals surface area contributed by atoms with Gasteiger partial charge < -0.3 is 4.74 Å². The minimum absolute atomic E-state index is 0.214. The molecule has 0 bridgehead atoms. The van der Waals surface area contributed by atoms with E-state index in [9.17, 15) is 9.59 Å². The van der Waals surface area contributed by atoms with Crippen molar-refractivity contribution in [1.29, 1.82) is 0 Å². The van der Waals surface area contributed by atoms with Crippen LogP contribution in [0.1, 0.15) is 37.1 Å². The number of rotatable bonds is 4. The number of methoxy groups -OCH3 is 1. The van der Waals surface area contributed by atoms with E-state index in [0.29, 0.717) is 22.8 Å². The normalized spacial score (nSPS) is 16.1. The van der Waals surface area contributed by atoms with Gasteiger partial charge in [0.2, 0.25) is 0 Å². The summed E-state index contributed by atoms with van der Waals surface area (Å²) in [5, 5.41) is 1.93. The number of ether oxygens (including phenoxy) is 1. The fraction of sp³-hybridized carbons (Fsp3) is 0.238. The summed E-state index contributed by atoms with van der Waals surface area (Å²) >= 11 is 1.51. The molecule has 0 radical (unpaired) electrons. The molecular formula is C21H21NO3S. The maximum Gasteiger partial charge on any atom is 0.340 e. The number of hydrogen-bond acceptors (Lipinski definition) is 4. The Morgan fingerprint density at radius 1 is 1.19 bits per heavy atom. The first-order chi connectivity index (χ1) is 12.4. The molecule has 1 amide bonds. The van der Waals surface area contributed by atoms with Crippen LogP contribution in [0.25, 0.3) is 6.08 Å². The molecule has 2 heterocycles. The highest BCUT2D eigenvalue weighted by Gasteiger charge is 2.37. The van der Waals surface area contributed by atoms with Crippen molar-refractivity contribution >= 4 is 35.0 Å². The average molecular weight is 367 g/mol. The van der Waals surface area contributed by atoms with Gasteiger partial charge in [-0.1, -0.05) is 32.0 Å². The van der Waals surface area contributed by atoms with Crippen LogP contribution in [0.3, 0.4) is 0 Å². The molecule has 0 aliphatic carbocycles. The molecule has 2 aromatic rings. The molecule has 5 heteroatoms. The molecule has 1 aliphatic rings. The maximum absolute atomic E-state index is 13.1. The zero-order chi connectivity index (χ0) is 18.8. The number of thiophene rings is 1. The molecule has 1 aromatic heterocycles. The monoisotopic (exact) mass is 367 g/mol. The molecule has 1 aromatic carbocycles. The van der Waals surface area contributed by atoms with E-state index in [-0.39, 0.29) is 5.91 Å². The van der Waals surface area contributed by atoms with Gasteiger partial charge in [0.15, 0.2) is 0 Å². The largest absolute Gasteiger partial charge is 0.465 e. The molecule has 4 nitrogen and oxygen atoms in total. The van der Waals surface area contributed by atoms with E-state index in [0.717, 1.165) is 10.6 Å². The molecule has 134 valence electrons. The van der Waals surface area contributed by atoms with E-state index in [1.165, 1.54) is 24.0 Å². The summed E-state index contributed by atoms with van der Waals surface area (Å²) in [6, 6.07) is 11.7. The Balaban J connectivity index is 2.08. The van der Waals surface area contributed by atoms with Crippen molar-refractivity contribution in [3.8, 4) is 0 Å². The molecule has 3 rings (SSSR count). The highest BCUT2D eigenvalue weighted by Crippen LogP contribution is 2.36. The van der Waals surface area contributed by atoms with Crippen LogP contribution < -0.4 is 4.90 Å². The van der Waals surface area contributed by atoms with Crippen LogP contribution in [0.5, 0.6) is 0 Å². The molecule has 0 spiro atoms. The van der Waals surface area contributed by atoms with Crippen molar-refractivity contribution in [2.24, 2.45) is 0 Å². The van der Waals surface area contributed by atoms with Gasteiger partial charge in [-0.2, -0.15) is 0 Å². The fourth-order valence-electron chi connectivity index (χ4n) is 3.01. The Hall–Kier alpha value is -2.66. The first-order valence-electron chi connectivity index (χ1n) is 8.43. The average Bonchev–Trinajstić information content (AvgIpc) is 3.22. The quantitative estimate of drug-likeness (QED) is 0.579. The van der Waals surface area contributed by atoms with Gasteiger partial charge in [0.25, 0.3) is 5.91 Å². The molecule has 0 saturated carbocycles. The fourth-order valence-corrected chi connectivity index (χ4v) is 3.67. The van der Waals surface area contributed by atoms with Gasteiger partial charge in [-0.05, 0) is 48.1 Å². The minimum Gasteiger partial charge on any atom is -0.465 e. The first-order valence-corrected chi connectivity index (χ1v) is 9.31. The van der Waals surface area contributed by atoms with Crippen molar-refractivity contribution in [2.75, 3.05) is 12.0 Å². The number of benzene rings is 1. The number of hydrogen-bond donors (Lipinski definition) is 0. The zero-order valence-corrected chi connectivity index (χ0v) is 16.1. The van der Waals surface area contributed by atoms with Gasteiger partial charge >= 0.3 is 5.97 Å². The van der Waals surface area contributed by atoms with Gasteiger partial charge in [0, 0.05) is 16.3 Å². The van der Waals surface area contributed by atoms with Crippen molar-refractivity contribution in [2.45, 2.75) is 26.7 Å². The third-order valence-electron chi connectivity index (χ3n) is 4.44. The van der Waals surface area contributed by atoms with E-state index < -0.39 is 5.97 Å². The second kappa shape index (κ2) is 7.30. The summed E-state index contributed by atoms with van der Waals surface area (Å²) in [4.78, 5) is 27.9. The highest BCUT2D eigenvalue weighted by atomic mass is 32.1. The number of nitrogens with zero attached hydrogens (tertiary/aromatic N) is 1. The van der Waals surface area contributed by atoms with E-state index in [2.05, 4.69) is 13.8 Å². The summed E-state index contributed by atoms with van der Waals surface area (Å²) in [6.45, 7) is 6.02. The summed E-state index contributed by atoms with van der Waals surface area (Å²) < 4.78 is 4.92. The summed E-state index contributed by atoms with van der Waals surface area (Å²) in [5.74, 6) is -0.302. The number of esters is 1. The lowest BCUT2D eigenvalue weighted by Crippen LogP contribution is -2.24. The van der Waals surface area contributed by atoms with E-state index in [1.54, 1.807) is 17.9 Å². The molecule has 1 aliphatic heterocycles. The molecule has 26 heavy (non-hydrogen) atoms. The van der Waals surface area contributed by atoms with Gasteiger partial charge in [0.1, 0.15) is 0 Å². The van der Waals surface area contributed by atoms with E-state index in [1.807, 2.05) is 41.8 Å². The van der Waals surface area contributed by atoms with Gasteiger partial charge in [-0.25, -0.2) is 4.79 Å². The Kier molecular flexibility index (Phi) is 5.09. The molecule has 0 fully saturated rings. The van der Waals surface area contributed by atoms with Crippen LogP contribution in [0.2, 0.25) is 0 Å². The van der Waals surface area contributed by atoms with Crippen LogP contribution in [0, 0.1) is 0 Å². The lowest BCUT2D eigenvalue weighted by Gasteiger charge is -2.18. The van der Waals surface area contributed by atoms with Crippen LogP contribution >= 0.6 is 11.3 Å². The zero-order valence-electron chi connectivity index (χ0n) is 15.3. The molecule has 0 atom stereocenters. The number of carbonyl (C=O) groups excluding carboxylic acids is 2. The lowest BCUT2D eigenvalue weighted by atomic mass is 10.0. The Bertz CT molecular complexity index is 890. The number of anilines is 1. The topological polar surface area (TPSA) is 46.6 Å². The molecule has 0 unspecified atom stereocenters. The Morgan fingerprint density at radius 3 is 2.42 bits per heavy atom. The summed E-state index contributed by atoms with van der Waals surface area (Å²) in [7, 11) is 1.33. The first kappa shape index (κ1) is 18.1. The third-order valence-corrected chi connectivity index (χ3v) is 5.26. The van der Waals surface area contributed by atoms with Crippen LogP contribution in [-0.2, 0) is 14.3 Å². The Labute approximate surface area is 157 Å². The smallest absolute Gasteiger partial charge is 0.340 e. The van der Waals surface area contributed by atoms with Crippen molar-refractivity contribution in [1.82, 2.24) is 0 Å². The maximum atomic E-state index is 13.1. The SMILES string of the molecule is COC(=O)C1=C(C)N(c2ccc(C(C)C)cc2)C(=O)/C1=C\c1cccs1. The lowest BCUT2D eigenvalue weighted by molar-refractivity contribution is -0.136. The van der Waals surface area contributed by atoms with Crippen molar-refractivity contribution in [3.05, 3.63) is 69.1 Å². The predicted octanol–water partition coefficient (Wildman–Crippen LogP) is 4.75. The van der Waals surface area contributed by atoms with E-state index in [4.69, 9.17) is 4.74 Å². The Morgan fingerprint density at radius 2 is 1.88 bits per heavy atom. The standard InChI is InChI=1S/C21H21NO3S/c1-13(2)15-7-9-16(10-8-15)22-14(3)19(21(24)25-4)18(20(22)23)12-17-6-5-11-26-17/h5-13H,1-4H3/b18-12-.